The van der Waals surface area contributed by atoms with Gasteiger partial charge in [-0.1, -0.05) is 123 Å². The number of carbonyl (C=O) groups is 11. The minimum atomic E-state index is -1.63. The van der Waals surface area contributed by atoms with Gasteiger partial charge in [-0.15, -0.1) is 0 Å². The van der Waals surface area contributed by atoms with Crippen molar-refractivity contribution in [1.82, 2.24) is 55.6 Å². The van der Waals surface area contributed by atoms with Gasteiger partial charge in [0.15, 0.2) is 0 Å². The molecule has 0 aromatic heterocycles. The van der Waals surface area contributed by atoms with E-state index in [-0.39, 0.29) is 61.5 Å². The third-order valence-corrected chi connectivity index (χ3v) is 17.1. The van der Waals surface area contributed by atoms with Crippen molar-refractivity contribution in [3.63, 3.8) is 0 Å². The first kappa shape index (κ1) is 80.8. The zero-order valence-corrected chi connectivity index (χ0v) is 58.5. The zero-order chi connectivity index (χ0) is 69.0. The fourth-order valence-electron chi connectivity index (χ4n) is 11.3. The fourth-order valence-corrected chi connectivity index (χ4v) is 11.3. The number of rotatable bonds is 19. The summed E-state index contributed by atoms with van der Waals surface area (Å²) in [5, 5.41) is 23.3. The molecule has 0 bridgehead atoms. The monoisotopic (exact) mass is 1260 g/mol. The van der Waals surface area contributed by atoms with Crippen LogP contribution in [0.2, 0.25) is 0 Å². The third kappa shape index (κ3) is 22.9. The molecule has 0 aromatic carbocycles. The van der Waals surface area contributed by atoms with Gasteiger partial charge in [0, 0.05) is 49.3 Å². The van der Waals surface area contributed by atoms with Gasteiger partial charge < -0.3 is 66.4 Å². The fraction of sp³-hybridized carbons (Fsp3) is 0.800. The van der Waals surface area contributed by atoms with E-state index < -0.39 is 149 Å². The van der Waals surface area contributed by atoms with Crippen molar-refractivity contribution in [2.75, 3.05) is 55.9 Å². The van der Waals surface area contributed by atoms with E-state index in [0.717, 1.165) is 34.0 Å². The number of nitrogens with zero attached hydrogens (tertiary/aromatic N) is 7. The van der Waals surface area contributed by atoms with E-state index in [2.05, 4.69) is 27.8 Å². The number of likely N-dealkylation sites (N-methyl/N-ethyl adjacent to an activating group) is 7. The molecule has 0 radical (unpaired) electrons. The molecule has 1 aliphatic heterocycles. The first-order valence-corrected chi connectivity index (χ1v) is 32.3. The summed E-state index contributed by atoms with van der Waals surface area (Å²) in [6.45, 7) is 32.5. The Morgan fingerprint density at radius 1 is 0.449 bits per heavy atom. The van der Waals surface area contributed by atoms with Crippen molar-refractivity contribution in [2.45, 2.75) is 242 Å². The average molecular weight is 1260 g/mol. The summed E-state index contributed by atoms with van der Waals surface area (Å²) in [6, 6.07) is -12.6. The molecule has 11 amide bonds. The van der Waals surface area contributed by atoms with Gasteiger partial charge in [0.25, 0.3) is 5.91 Å². The normalized spacial score (nSPS) is 26.2. The summed E-state index contributed by atoms with van der Waals surface area (Å²) >= 11 is 0. The van der Waals surface area contributed by atoms with E-state index in [9.17, 15) is 38.7 Å². The first-order chi connectivity index (χ1) is 41.1. The Labute approximate surface area is 533 Å². The van der Waals surface area contributed by atoms with Gasteiger partial charge in [-0.3, -0.25) is 52.7 Å². The highest BCUT2D eigenvalue weighted by atomic mass is 16.3. The Bertz CT molecular complexity index is 2420. The molecule has 510 valence electrons. The van der Waals surface area contributed by atoms with Crippen LogP contribution < -0.4 is 27.0 Å². The second-order valence-electron chi connectivity index (χ2n) is 27.3. The molecule has 1 saturated heterocycles. The number of hydrogen-bond acceptors (Lipinski definition) is 13. The maximum atomic E-state index is 15.3. The quantitative estimate of drug-likeness (QED) is 0.0795. The summed E-state index contributed by atoms with van der Waals surface area (Å²) in [6.07, 6.45) is 2.61. The van der Waals surface area contributed by atoms with Gasteiger partial charge in [-0.25, -0.2) is 0 Å². The highest BCUT2D eigenvalue weighted by molar-refractivity contribution is 6.02. The molecule has 1 fully saturated rings. The van der Waals surface area contributed by atoms with Gasteiger partial charge in [0.05, 0.1) is 6.10 Å². The molecule has 1 heterocycles. The summed E-state index contributed by atoms with van der Waals surface area (Å²) in [5.41, 5.74) is 5.38. The van der Waals surface area contributed by atoms with Gasteiger partial charge in [0.2, 0.25) is 59.1 Å². The number of carbonyl (C=O) groups excluding carboxylic acids is 11. The van der Waals surface area contributed by atoms with Gasteiger partial charge >= 0.3 is 0 Å². The summed E-state index contributed by atoms with van der Waals surface area (Å²) in [4.78, 5) is 170. The molecule has 0 aromatic rings. The molecule has 0 unspecified atom stereocenters. The van der Waals surface area contributed by atoms with Crippen LogP contribution in [0.5, 0.6) is 0 Å². The molecule has 12 atom stereocenters. The first-order valence-electron chi connectivity index (χ1n) is 32.3. The van der Waals surface area contributed by atoms with Crippen LogP contribution in [0.1, 0.15) is 175 Å². The Balaban J connectivity index is 4.38. The van der Waals surface area contributed by atoms with Crippen LogP contribution in [0.25, 0.3) is 0 Å². The highest BCUT2D eigenvalue weighted by Crippen LogP contribution is 2.27. The Morgan fingerprint density at radius 2 is 0.865 bits per heavy atom. The van der Waals surface area contributed by atoms with E-state index in [1.807, 2.05) is 55.4 Å². The Morgan fingerprint density at radius 3 is 1.33 bits per heavy atom. The number of unbranched alkanes of at least 4 members (excludes halogenated alkanes) is 3. The number of amides is 11. The minimum absolute atomic E-state index is 0.0229. The third-order valence-electron chi connectivity index (χ3n) is 17.1. The topological polar surface area (TPSA) is 305 Å². The van der Waals surface area contributed by atoms with Crippen LogP contribution in [0, 0.1) is 41.4 Å². The number of nitrogens with one attached hydrogen (secondary N) is 4. The van der Waals surface area contributed by atoms with Crippen molar-refractivity contribution in [1.29, 1.82) is 0 Å². The molecule has 0 aliphatic carbocycles. The molecular weight excluding hydrogens is 1140 g/mol. The van der Waals surface area contributed by atoms with Crippen LogP contribution in [0.3, 0.4) is 0 Å². The largest absolute Gasteiger partial charge is 0.390 e. The maximum Gasteiger partial charge on any atom is 0.270 e. The van der Waals surface area contributed by atoms with Gasteiger partial charge in [-0.2, -0.15) is 0 Å². The van der Waals surface area contributed by atoms with E-state index >= 15 is 19.2 Å². The molecule has 24 heteroatoms. The van der Waals surface area contributed by atoms with E-state index in [1.165, 1.54) is 82.8 Å². The van der Waals surface area contributed by atoms with Crippen molar-refractivity contribution in [2.24, 2.45) is 47.2 Å². The molecular formula is C65H118N12O12. The SMILES string of the molecule is C=C1C(=O)N(C)[C@@H](CC(C)C)C(=O)N[C@@H](C(C)C)C(=O)N(C)[C@@H](CC(C)C)C(=O)N[C@@H](C)C(=O)N[C@H](C)C(=O)N(C)[C@@H](CC(C)C)C(=O)N(C)[C@@H](CC(C)C)C(=O)N(C)[C@@H](C(C)C)C(=O)N(C)[C@@H]([C@H](O)[C@H](C)CCCCCCN)C(=O)N[C@@H](CC)C(=O)N1C. The lowest BCUT2D eigenvalue weighted by Gasteiger charge is -2.41. The van der Waals surface area contributed by atoms with E-state index in [1.54, 1.807) is 41.5 Å². The molecule has 89 heavy (non-hydrogen) atoms. The predicted octanol–water partition coefficient (Wildman–Crippen LogP) is 3.73. The zero-order valence-electron chi connectivity index (χ0n) is 58.5. The second kappa shape index (κ2) is 37.2. The van der Waals surface area contributed by atoms with Crippen LogP contribution >= 0.6 is 0 Å². The highest BCUT2D eigenvalue weighted by Gasteiger charge is 2.46. The van der Waals surface area contributed by atoms with E-state index in [0.29, 0.717) is 19.4 Å². The molecule has 0 saturated carbocycles. The van der Waals surface area contributed by atoms with Crippen LogP contribution in [-0.2, 0) is 52.7 Å². The van der Waals surface area contributed by atoms with Crippen LogP contribution in [0.15, 0.2) is 12.3 Å². The predicted molar refractivity (Wildman–Crippen MR) is 345 cm³/mol. The molecule has 7 N–H and O–H groups in total. The molecule has 24 nitrogen and oxygen atoms in total. The smallest absolute Gasteiger partial charge is 0.270 e. The molecule has 0 spiro atoms. The number of aliphatic hydroxyl groups is 1. The van der Waals surface area contributed by atoms with Crippen molar-refractivity contribution in [3.8, 4) is 0 Å². The van der Waals surface area contributed by atoms with Gasteiger partial charge in [0.1, 0.15) is 66.1 Å². The summed E-state index contributed by atoms with van der Waals surface area (Å²) in [7, 11) is 9.80. The number of nitrogens with two attached hydrogens (primary N) is 1. The van der Waals surface area contributed by atoms with Gasteiger partial charge in [-0.05, 0) is 107 Å². The van der Waals surface area contributed by atoms with Crippen molar-refractivity contribution >= 4 is 65.0 Å². The maximum absolute atomic E-state index is 15.3. The Kier molecular flexibility index (Phi) is 33.8. The van der Waals surface area contributed by atoms with E-state index in [4.69, 9.17) is 5.73 Å². The molecule has 1 rings (SSSR count). The molecule has 1 aliphatic rings. The van der Waals surface area contributed by atoms with Crippen molar-refractivity contribution in [3.05, 3.63) is 12.3 Å². The summed E-state index contributed by atoms with van der Waals surface area (Å²) in [5.74, 6) is -10.2. The lowest BCUT2D eigenvalue weighted by Crippen LogP contribution is -2.63. The lowest BCUT2D eigenvalue weighted by molar-refractivity contribution is -0.157. The summed E-state index contributed by atoms with van der Waals surface area (Å²) < 4.78 is 0. The number of hydrogen-bond donors (Lipinski definition) is 6. The van der Waals surface area contributed by atoms with Crippen molar-refractivity contribution < 1.29 is 57.8 Å². The number of aliphatic hydroxyl groups excluding tert-OH is 1. The average Bonchev–Trinajstić information content (AvgIpc) is 1.83. The standard InChI is InChI=1S/C65H118N12O12/c1-25-46-61(85)71(18)45(17)60(84)72(19)48(33-37(4)5)57(81)70-51(40(10)11)64(88)73(20)47(32-36(2)3)56(80)67-43(15)55(79)68-44(16)59(83)74(21)49(34-38(6)7)62(86)75(22)50(35-39(8)9)63(87)76(23)52(41(12)13)65(89)77(24)53(58(82)69-46)54(78)42(14)30-28-26-27-29-31-66/h36-44,46-54,78H,17,25-35,66H2,1-16,18-24H3,(H,67,80)(H,68,79)(H,69,82)(H,70,81)/t42-,43+,44-,46+,47+,48+,49+,50+,51+,52+,53+,54-/m1/s1. The van der Waals surface area contributed by atoms with Crippen LogP contribution in [-0.4, -0.2) is 227 Å². The lowest BCUT2D eigenvalue weighted by atomic mass is 9.90. The van der Waals surface area contributed by atoms with Crippen LogP contribution in [0.4, 0.5) is 0 Å². The minimum Gasteiger partial charge on any atom is -0.390 e. The Hall–Kier alpha value is -6.17. The second-order valence-corrected chi connectivity index (χ2v) is 27.3.